The van der Waals surface area contributed by atoms with Gasteiger partial charge in [0, 0.05) is 31.2 Å². The molecule has 120 valence electrons. The molecule has 4 rings (SSSR count). The summed E-state index contributed by atoms with van der Waals surface area (Å²) >= 11 is 0. The number of rotatable bonds is 4. The van der Waals surface area contributed by atoms with Crippen LogP contribution in [0.1, 0.15) is 5.82 Å². The number of anilines is 3. The molecular formula is C19H18N4O. The Morgan fingerprint density at radius 1 is 0.958 bits per heavy atom. The standard InChI is InChI=1S/C19H18N4O/c1-2-5-18-17(4-1)20-12-13-23(18)15-6-8-16(9-7-15)24-14-19-21-10-3-11-22-19/h1-11,20H,12-14H2. The van der Waals surface area contributed by atoms with Crippen LogP contribution in [0.15, 0.2) is 67.0 Å². The van der Waals surface area contributed by atoms with Gasteiger partial charge in [0.25, 0.3) is 0 Å². The molecule has 0 saturated heterocycles. The highest BCUT2D eigenvalue weighted by atomic mass is 16.5. The maximum atomic E-state index is 5.75. The summed E-state index contributed by atoms with van der Waals surface area (Å²) in [6, 6.07) is 18.3. The summed E-state index contributed by atoms with van der Waals surface area (Å²) in [7, 11) is 0. The summed E-state index contributed by atoms with van der Waals surface area (Å²) in [5.41, 5.74) is 3.53. The lowest BCUT2D eigenvalue weighted by Gasteiger charge is -2.32. The molecule has 5 heteroatoms. The van der Waals surface area contributed by atoms with Gasteiger partial charge in [0.05, 0.1) is 11.4 Å². The quantitative estimate of drug-likeness (QED) is 0.796. The number of hydrogen-bond acceptors (Lipinski definition) is 5. The molecule has 0 atom stereocenters. The third-order valence-electron chi connectivity index (χ3n) is 3.98. The van der Waals surface area contributed by atoms with Crippen LogP contribution in [0.2, 0.25) is 0 Å². The minimum Gasteiger partial charge on any atom is -0.486 e. The number of para-hydroxylation sites is 2. The van der Waals surface area contributed by atoms with Gasteiger partial charge in [-0.15, -0.1) is 0 Å². The highest BCUT2D eigenvalue weighted by Gasteiger charge is 2.17. The first-order valence-corrected chi connectivity index (χ1v) is 7.99. The molecule has 3 aromatic rings. The predicted octanol–water partition coefficient (Wildman–Crippen LogP) is 3.62. The molecule has 5 nitrogen and oxygen atoms in total. The minimum atomic E-state index is 0.372. The van der Waals surface area contributed by atoms with Crippen molar-refractivity contribution in [3.8, 4) is 5.75 Å². The number of fused-ring (bicyclic) bond motifs is 1. The molecule has 0 fully saturated rings. The van der Waals surface area contributed by atoms with Crippen molar-refractivity contribution in [1.82, 2.24) is 9.97 Å². The van der Waals surface area contributed by atoms with Crippen molar-refractivity contribution in [3.05, 3.63) is 72.8 Å². The van der Waals surface area contributed by atoms with Crippen molar-refractivity contribution in [1.29, 1.82) is 0 Å². The summed E-state index contributed by atoms with van der Waals surface area (Å²) < 4.78 is 5.75. The zero-order valence-electron chi connectivity index (χ0n) is 13.2. The van der Waals surface area contributed by atoms with Crippen LogP contribution < -0.4 is 15.0 Å². The van der Waals surface area contributed by atoms with Crippen LogP contribution in [0.25, 0.3) is 0 Å². The molecule has 0 amide bonds. The molecule has 1 aliphatic heterocycles. The number of aromatic nitrogens is 2. The van der Waals surface area contributed by atoms with E-state index in [4.69, 9.17) is 4.74 Å². The van der Waals surface area contributed by atoms with Gasteiger partial charge in [-0.3, -0.25) is 0 Å². The van der Waals surface area contributed by atoms with Gasteiger partial charge in [0.2, 0.25) is 0 Å². The largest absolute Gasteiger partial charge is 0.486 e. The highest BCUT2D eigenvalue weighted by molar-refractivity contribution is 5.78. The first-order chi connectivity index (χ1) is 11.9. The van der Waals surface area contributed by atoms with Gasteiger partial charge in [0.1, 0.15) is 12.4 Å². The van der Waals surface area contributed by atoms with Crippen LogP contribution in [0.3, 0.4) is 0 Å². The maximum Gasteiger partial charge on any atom is 0.166 e. The molecule has 24 heavy (non-hydrogen) atoms. The van der Waals surface area contributed by atoms with Crippen LogP contribution in [-0.2, 0) is 6.61 Å². The van der Waals surface area contributed by atoms with Crippen molar-refractivity contribution in [3.63, 3.8) is 0 Å². The Labute approximate surface area is 140 Å². The lowest BCUT2D eigenvalue weighted by Crippen LogP contribution is -2.29. The lowest BCUT2D eigenvalue weighted by molar-refractivity contribution is 0.296. The van der Waals surface area contributed by atoms with Crippen molar-refractivity contribution in [2.75, 3.05) is 23.3 Å². The summed E-state index contributed by atoms with van der Waals surface area (Å²) in [6.07, 6.45) is 3.44. The van der Waals surface area contributed by atoms with Gasteiger partial charge >= 0.3 is 0 Å². The predicted molar refractivity (Wildman–Crippen MR) is 94.7 cm³/mol. The van der Waals surface area contributed by atoms with Gasteiger partial charge in [-0.25, -0.2) is 9.97 Å². The van der Waals surface area contributed by atoms with Crippen LogP contribution >= 0.6 is 0 Å². The molecule has 1 N–H and O–H groups in total. The molecule has 1 aromatic heterocycles. The van der Waals surface area contributed by atoms with E-state index < -0.39 is 0 Å². The Bertz CT molecular complexity index is 805. The van der Waals surface area contributed by atoms with Crippen molar-refractivity contribution >= 4 is 17.1 Å². The monoisotopic (exact) mass is 318 g/mol. The Morgan fingerprint density at radius 3 is 2.58 bits per heavy atom. The fourth-order valence-electron chi connectivity index (χ4n) is 2.82. The number of nitrogens with one attached hydrogen (secondary N) is 1. The lowest BCUT2D eigenvalue weighted by atomic mass is 10.1. The zero-order chi connectivity index (χ0) is 16.2. The van der Waals surface area contributed by atoms with E-state index in [0.717, 1.165) is 24.5 Å². The molecule has 2 heterocycles. The number of ether oxygens (including phenoxy) is 1. The van der Waals surface area contributed by atoms with Crippen LogP contribution in [0, 0.1) is 0 Å². The first kappa shape index (κ1) is 14.5. The molecule has 0 saturated carbocycles. The smallest absolute Gasteiger partial charge is 0.166 e. The van der Waals surface area contributed by atoms with Crippen molar-refractivity contribution in [2.45, 2.75) is 6.61 Å². The average molecular weight is 318 g/mol. The number of benzene rings is 2. The van der Waals surface area contributed by atoms with E-state index >= 15 is 0 Å². The molecule has 0 spiro atoms. The third-order valence-corrected chi connectivity index (χ3v) is 3.98. The Balaban J connectivity index is 1.48. The molecule has 0 unspecified atom stereocenters. The Morgan fingerprint density at radius 2 is 1.75 bits per heavy atom. The van der Waals surface area contributed by atoms with E-state index in [-0.39, 0.29) is 0 Å². The summed E-state index contributed by atoms with van der Waals surface area (Å²) in [6.45, 7) is 2.24. The third kappa shape index (κ3) is 3.01. The Kier molecular flexibility index (Phi) is 3.98. The molecule has 2 aromatic carbocycles. The fraction of sp³-hybridized carbons (Fsp3) is 0.158. The second-order valence-corrected chi connectivity index (χ2v) is 5.54. The second kappa shape index (κ2) is 6.58. The van der Waals surface area contributed by atoms with Crippen molar-refractivity contribution < 1.29 is 4.74 Å². The van der Waals surface area contributed by atoms with Crippen molar-refractivity contribution in [2.24, 2.45) is 0 Å². The van der Waals surface area contributed by atoms with E-state index in [0.29, 0.717) is 12.4 Å². The average Bonchev–Trinajstić information content (AvgIpc) is 2.67. The molecular weight excluding hydrogens is 300 g/mol. The number of hydrogen-bond donors (Lipinski definition) is 1. The SMILES string of the molecule is c1cnc(COc2ccc(N3CCNc4ccccc43)cc2)nc1. The van der Waals surface area contributed by atoms with Gasteiger partial charge < -0.3 is 15.0 Å². The first-order valence-electron chi connectivity index (χ1n) is 7.99. The summed E-state index contributed by atoms with van der Waals surface area (Å²) in [5, 5.41) is 3.43. The van der Waals surface area contributed by atoms with E-state index in [1.54, 1.807) is 18.5 Å². The molecule has 1 aliphatic rings. The molecule has 0 radical (unpaired) electrons. The normalized spacial score (nSPS) is 13.1. The molecule has 0 aliphatic carbocycles. The zero-order valence-corrected chi connectivity index (χ0v) is 13.2. The Hall–Kier alpha value is -3.08. The number of nitrogens with zero attached hydrogens (tertiary/aromatic N) is 3. The van der Waals surface area contributed by atoms with Gasteiger partial charge in [-0.1, -0.05) is 12.1 Å². The van der Waals surface area contributed by atoms with Crippen LogP contribution in [-0.4, -0.2) is 23.1 Å². The van der Waals surface area contributed by atoms with Crippen LogP contribution in [0.4, 0.5) is 17.1 Å². The van der Waals surface area contributed by atoms with E-state index in [1.807, 2.05) is 12.1 Å². The topological polar surface area (TPSA) is 50.3 Å². The fourth-order valence-corrected chi connectivity index (χ4v) is 2.82. The summed E-state index contributed by atoms with van der Waals surface area (Å²) in [5.74, 6) is 1.49. The van der Waals surface area contributed by atoms with Crippen LogP contribution in [0.5, 0.6) is 5.75 Å². The minimum absolute atomic E-state index is 0.372. The van der Waals surface area contributed by atoms with Gasteiger partial charge in [-0.2, -0.15) is 0 Å². The van der Waals surface area contributed by atoms with Gasteiger partial charge in [0.15, 0.2) is 5.82 Å². The highest BCUT2D eigenvalue weighted by Crippen LogP contribution is 2.34. The van der Waals surface area contributed by atoms with Gasteiger partial charge in [-0.05, 0) is 42.5 Å². The summed E-state index contributed by atoms with van der Waals surface area (Å²) in [4.78, 5) is 10.6. The second-order valence-electron chi connectivity index (χ2n) is 5.54. The van der Waals surface area contributed by atoms with E-state index in [2.05, 4.69) is 56.6 Å². The van der Waals surface area contributed by atoms with E-state index in [1.165, 1.54) is 11.4 Å². The molecule has 0 bridgehead atoms. The van der Waals surface area contributed by atoms with E-state index in [9.17, 15) is 0 Å². The maximum absolute atomic E-state index is 5.75.